The average molecular weight is 330 g/mol. The van der Waals surface area contributed by atoms with Gasteiger partial charge in [-0.1, -0.05) is 47.8 Å². The molecule has 1 aromatic rings. The number of halogens is 1. The molecule has 1 rings (SSSR count). The van der Waals surface area contributed by atoms with Crippen LogP contribution in [-0.2, 0) is 11.2 Å². The number of nitro benzene ring substituents is 1. The van der Waals surface area contributed by atoms with E-state index in [1.165, 1.54) is 31.4 Å². The molecule has 0 aliphatic carbocycles. The van der Waals surface area contributed by atoms with E-state index in [2.05, 4.69) is 22.9 Å². The van der Waals surface area contributed by atoms with E-state index in [1.807, 2.05) is 0 Å². The Labute approximate surface area is 122 Å². The monoisotopic (exact) mass is 329 g/mol. The molecule has 0 aliphatic rings. The van der Waals surface area contributed by atoms with E-state index in [0.29, 0.717) is 6.61 Å². The Kier molecular flexibility index (Phi) is 7.67. The number of rotatable bonds is 9. The molecule has 0 aromatic heterocycles. The van der Waals surface area contributed by atoms with Gasteiger partial charge in [0.15, 0.2) is 0 Å². The maximum absolute atomic E-state index is 10.5. The molecule has 0 heterocycles. The van der Waals surface area contributed by atoms with Crippen LogP contribution in [0.15, 0.2) is 24.3 Å². The number of unbranched alkanes of at least 4 members (excludes halogenated alkanes) is 2. The SMILES string of the molecule is CCCCCC(Br)OCCc1ccc([N+](=O)[O-])cc1. The molecular formula is C14H20BrNO3. The van der Waals surface area contributed by atoms with Crippen molar-refractivity contribution in [2.45, 2.75) is 44.0 Å². The molecule has 0 saturated heterocycles. The first-order valence-corrected chi connectivity index (χ1v) is 7.54. The molecule has 19 heavy (non-hydrogen) atoms. The van der Waals surface area contributed by atoms with Gasteiger partial charge in [0.1, 0.15) is 5.01 Å². The van der Waals surface area contributed by atoms with Gasteiger partial charge in [0, 0.05) is 12.1 Å². The zero-order valence-electron chi connectivity index (χ0n) is 11.2. The molecular weight excluding hydrogens is 310 g/mol. The number of alkyl halides is 1. The van der Waals surface area contributed by atoms with Crippen molar-refractivity contribution < 1.29 is 9.66 Å². The van der Waals surface area contributed by atoms with Crippen LogP contribution in [-0.4, -0.2) is 16.5 Å². The lowest BCUT2D eigenvalue weighted by atomic mass is 10.1. The lowest BCUT2D eigenvalue weighted by molar-refractivity contribution is -0.384. The van der Waals surface area contributed by atoms with Crippen molar-refractivity contribution in [1.82, 2.24) is 0 Å². The molecule has 0 spiro atoms. The molecule has 4 nitrogen and oxygen atoms in total. The van der Waals surface area contributed by atoms with Gasteiger partial charge in [0.05, 0.1) is 11.5 Å². The summed E-state index contributed by atoms with van der Waals surface area (Å²) in [6.45, 7) is 2.80. The number of nitro groups is 1. The first kappa shape index (κ1) is 16.1. The Bertz CT molecular complexity index is 381. The summed E-state index contributed by atoms with van der Waals surface area (Å²) < 4.78 is 5.65. The molecule has 5 heteroatoms. The van der Waals surface area contributed by atoms with E-state index >= 15 is 0 Å². The topological polar surface area (TPSA) is 52.4 Å². The second-order valence-electron chi connectivity index (χ2n) is 4.45. The predicted octanol–water partition coefficient (Wildman–Crippen LogP) is 4.46. The van der Waals surface area contributed by atoms with E-state index in [-0.39, 0.29) is 15.6 Å². The van der Waals surface area contributed by atoms with Crippen molar-refractivity contribution in [3.63, 3.8) is 0 Å². The molecule has 0 radical (unpaired) electrons. The van der Waals surface area contributed by atoms with Crippen LogP contribution in [0, 0.1) is 10.1 Å². The van der Waals surface area contributed by atoms with Crippen LogP contribution in [0.3, 0.4) is 0 Å². The third-order valence-electron chi connectivity index (χ3n) is 2.87. The lowest BCUT2D eigenvalue weighted by Gasteiger charge is -2.11. The zero-order valence-corrected chi connectivity index (χ0v) is 12.8. The highest BCUT2D eigenvalue weighted by atomic mass is 79.9. The van der Waals surface area contributed by atoms with Crippen LogP contribution in [0.25, 0.3) is 0 Å². The minimum Gasteiger partial charge on any atom is -0.367 e. The summed E-state index contributed by atoms with van der Waals surface area (Å²) >= 11 is 3.50. The number of hydrogen-bond acceptors (Lipinski definition) is 3. The maximum atomic E-state index is 10.5. The Balaban J connectivity index is 2.23. The highest BCUT2D eigenvalue weighted by Gasteiger charge is 2.06. The number of hydrogen-bond donors (Lipinski definition) is 0. The van der Waals surface area contributed by atoms with Crippen molar-refractivity contribution in [3.8, 4) is 0 Å². The lowest BCUT2D eigenvalue weighted by Crippen LogP contribution is -2.07. The van der Waals surface area contributed by atoms with Crippen LogP contribution in [0.2, 0.25) is 0 Å². The molecule has 1 aromatic carbocycles. The molecule has 1 unspecified atom stereocenters. The number of benzene rings is 1. The zero-order chi connectivity index (χ0) is 14.1. The quantitative estimate of drug-likeness (QED) is 0.291. The summed E-state index contributed by atoms with van der Waals surface area (Å²) in [5.74, 6) is 0. The van der Waals surface area contributed by atoms with Crippen LogP contribution >= 0.6 is 15.9 Å². The maximum Gasteiger partial charge on any atom is 0.269 e. The van der Waals surface area contributed by atoms with E-state index in [9.17, 15) is 10.1 Å². The molecule has 1 atom stereocenters. The number of nitrogens with zero attached hydrogens (tertiary/aromatic N) is 1. The van der Waals surface area contributed by atoms with Crippen molar-refractivity contribution in [2.24, 2.45) is 0 Å². The largest absolute Gasteiger partial charge is 0.367 e. The number of non-ortho nitro benzene ring substituents is 1. The summed E-state index contributed by atoms with van der Waals surface area (Å²) in [6, 6.07) is 6.62. The van der Waals surface area contributed by atoms with E-state index in [4.69, 9.17) is 4.74 Å². The molecule has 0 aliphatic heterocycles. The Morgan fingerprint density at radius 3 is 2.58 bits per heavy atom. The van der Waals surface area contributed by atoms with Gasteiger partial charge in [-0.15, -0.1) is 0 Å². The minimum absolute atomic E-state index is 0.108. The molecule has 0 N–H and O–H groups in total. The highest BCUT2D eigenvalue weighted by Crippen LogP contribution is 2.15. The van der Waals surface area contributed by atoms with E-state index in [1.54, 1.807) is 12.1 Å². The van der Waals surface area contributed by atoms with Crippen LogP contribution in [0.1, 0.15) is 38.2 Å². The Hall–Kier alpha value is -0.940. The molecule has 0 amide bonds. The van der Waals surface area contributed by atoms with Gasteiger partial charge in [-0.05, 0) is 24.8 Å². The minimum atomic E-state index is -0.386. The Morgan fingerprint density at radius 2 is 2.00 bits per heavy atom. The first-order chi connectivity index (χ1) is 9.13. The fourth-order valence-electron chi connectivity index (χ4n) is 1.73. The third-order valence-corrected chi connectivity index (χ3v) is 3.59. The summed E-state index contributed by atoms with van der Waals surface area (Å²) in [7, 11) is 0. The average Bonchev–Trinajstić information content (AvgIpc) is 2.39. The second-order valence-corrected chi connectivity index (χ2v) is 5.47. The van der Waals surface area contributed by atoms with Crippen molar-refractivity contribution in [3.05, 3.63) is 39.9 Å². The van der Waals surface area contributed by atoms with Crippen LogP contribution < -0.4 is 0 Å². The van der Waals surface area contributed by atoms with Gasteiger partial charge < -0.3 is 4.74 Å². The summed E-state index contributed by atoms with van der Waals surface area (Å²) in [6.07, 6.45) is 5.41. The van der Waals surface area contributed by atoms with Crippen LogP contribution in [0.4, 0.5) is 5.69 Å². The molecule has 106 valence electrons. The van der Waals surface area contributed by atoms with Gasteiger partial charge in [0.25, 0.3) is 5.69 Å². The first-order valence-electron chi connectivity index (χ1n) is 6.62. The van der Waals surface area contributed by atoms with Gasteiger partial charge >= 0.3 is 0 Å². The van der Waals surface area contributed by atoms with E-state index < -0.39 is 0 Å². The van der Waals surface area contributed by atoms with Gasteiger partial charge in [-0.25, -0.2) is 0 Å². The number of ether oxygens (including phenoxy) is 1. The van der Waals surface area contributed by atoms with E-state index in [0.717, 1.165) is 18.4 Å². The summed E-state index contributed by atoms with van der Waals surface area (Å²) in [5, 5.41) is 10.6. The molecule has 0 bridgehead atoms. The normalized spacial score (nSPS) is 12.3. The fraction of sp³-hybridized carbons (Fsp3) is 0.571. The smallest absolute Gasteiger partial charge is 0.269 e. The highest BCUT2D eigenvalue weighted by molar-refractivity contribution is 9.09. The molecule has 0 fully saturated rings. The fourth-order valence-corrected chi connectivity index (χ4v) is 2.24. The summed E-state index contributed by atoms with van der Waals surface area (Å²) in [5.41, 5.74) is 1.18. The second kappa shape index (κ2) is 9.04. The van der Waals surface area contributed by atoms with Crippen molar-refractivity contribution in [2.75, 3.05) is 6.61 Å². The Morgan fingerprint density at radius 1 is 1.32 bits per heavy atom. The van der Waals surface area contributed by atoms with Gasteiger partial charge in [-0.2, -0.15) is 0 Å². The van der Waals surface area contributed by atoms with Gasteiger partial charge in [-0.3, -0.25) is 10.1 Å². The van der Waals surface area contributed by atoms with Crippen molar-refractivity contribution in [1.29, 1.82) is 0 Å². The van der Waals surface area contributed by atoms with Gasteiger partial charge in [0.2, 0.25) is 0 Å². The third kappa shape index (κ3) is 6.68. The van der Waals surface area contributed by atoms with Crippen molar-refractivity contribution >= 4 is 21.6 Å². The summed E-state index contributed by atoms with van der Waals surface area (Å²) in [4.78, 5) is 10.1. The molecule has 0 saturated carbocycles. The standard InChI is InChI=1S/C14H20BrNO3/c1-2-3-4-5-14(15)19-11-10-12-6-8-13(9-7-12)16(17)18/h6-9,14H,2-5,10-11H2,1H3. The van der Waals surface area contributed by atoms with Crippen LogP contribution in [0.5, 0.6) is 0 Å². The predicted molar refractivity (Wildman–Crippen MR) is 79.6 cm³/mol.